The van der Waals surface area contributed by atoms with Crippen LogP contribution < -0.4 is 16.6 Å². The molecule has 0 aliphatic heterocycles. The summed E-state index contributed by atoms with van der Waals surface area (Å²) >= 11 is 0. The highest BCUT2D eigenvalue weighted by molar-refractivity contribution is 5.91. The van der Waals surface area contributed by atoms with Gasteiger partial charge in [-0.2, -0.15) is 9.78 Å². The minimum atomic E-state index is -0.867. The molecule has 8 heteroatoms. The van der Waals surface area contributed by atoms with Crippen LogP contribution in [0.15, 0.2) is 52.1 Å². The summed E-state index contributed by atoms with van der Waals surface area (Å²) in [5.41, 5.74) is 0.468. The van der Waals surface area contributed by atoms with Gasteiger partial charge < -0.3 is 5.32 Å². The molecule has 0 fully saturated rings. The summed E-state index contributed by atoms with van der Waals surface area (Å²) in [6, 6.07) is 10.9. The summed E-state index contributed by atoms with van der Waals surface area (Å²) in [6.07, 6.45) is 0.659. The van der Waals surface area contributed by atoms with Crippen molar-refractivity contribution in [3.63, 3.8) is 0 Å². The second kappa shape index (κ2) is 9.07. The molecule has 3 aromatic rings. The van der Waals surface area contributed by atoms with Crippen LogP contribution >= 0.6 is 0 Å². The Morgan fingerprint density at radius 1 is 1.13 bits per heavy atom. The number of nitrogens with zero attached hydrogens (tertiary/aromatic N) is 3. The molecule has 7 nitrogen and oxygen atoms in total. The SMILES string of the molecule is CC[C@@H](C)NC(=O)c1nn(-c2ccc(C)c(C)c2)c(=O)n(Cc2ccccc2F)c1=O. The Labute approximate surface area is 179 Å². The van der Waals surface area contributed by atoms with E-state index in [2.05, 4.69) is 10.4 Å². The average molecular weight is 424 g/mol. The normalized spacial score (nSPS) is 11.9. The molecule has 31 heavy (non-hydrogen) atoms. The van der Waals surface area contributed by atoms with Crippen molar-refractivity contribution < 1.29 is 9.18 Å². The smallest absolute Gasteiger partial charge is 0.348 e. The van der Waals surface area contributed by atoms with Crippen LogP contribution in [0.25, 0.3) is 5.69 Å². The first kappa shape index (κ1) is 22.1. The molecule has 0 spiro atoms. The fraction of sp³-hybridized carbons (Fsp3) is 0.304. The number of carbonyl (C=O) groups excluding carboxylic acids is 1. The number of rotatable bonds is 6. The Kier molecular flexibility index (Phi) is 6.48. The molecule has 2 aromatic carbocycles. The lowest BCUT2D eigenvalue weighted by Crippen LogP contribution is -2.47. The van der Waals surface area contributed by atoms with Crippen molar-refractivity contribution in [3.8, 4) is 5.69 Å². The Bertz CT molecular complexity index is 1250. The lowest BCUT2D eigenvalue weighted by molar-refractivity contribution is 0.0929. The first-order valence-electron chi connectivity index (χ1n) is 10.1. The molecule has 1 aromatic heterocycles. The molecule has 0 aliphatic rings. The van der Waals surface area contributed by atoms with Gasteiger partial charge >= 0.3 is 5.69 Å². The van der Waals surface area contributed by atoms with E-state index in [1.54, 1.807) is 25.1 Å². The van der Waals surface area contributed by atoms with Crippen LogP contribution in [-0.4, -0.2) is 26.3 Å². The standard InChI is InChI=1S/C23H25FN4O3/c1-5-16(4)25-21(29)20-22(30)27(13-17-8-6-7-9-19(17)24)23(31)28(26-20)18-11-10-14(2)15(3)12-18/h6-12,16H,5,13H2,1-4H3,(H,25,29)/t16-/m1/s1. The highest BCUT2D eigenvalue weighted by Crippen LogP contribution is 2.12. The fourth-order valence-corrected chi connectivity index (χ4v) is 3.01. The largest absolute Gasteiger partial charge is 0.352 e. The Morgan fingerprint density at radius 3 is 2.48 bits per heavy atom. The van der Waals surface area contributed by atoms with Crippen LogP contribution in [0.5, 0.6) is 0 Å². The summed E-state index contributed by atoms with van der Waals surface area (Å²) in [6.45, 7) is 7.19. The third-order valence-electron chi connectivity index (χ3n) is 5.29. The number of carbonyl (C=O) groups is 1. The first-order chi connectivity index (χ1) is 14.7. The summed E-state index contributed by atoms with van der Waals surface area (Å²) < 4.78 is 16.1. The van der Waals surface area contributed by atoms with Crippen LogP contribution in [-0.2, 0) is 6.54 Å². The average Bonchev–Trinajstić information content (AvgIpc) is 2.74. The molecule has 1 N–H and O–H groups in total. The molecule has 0 saturated heterocycles. The van der Waals surface area contributed by atoms with Crippen LogP contribution in [0.2, 0.25) is 0 Å². The van der Waals surface area contributed by atoms with Crippen molar-refractivity contribution in [2.45, 2.75) is 46.7 Å². The maximum absolute atomic E-state index is 14.2. The van der Waals surface area contributed by atoms with E-state index >= 15 is 0 Å². The van der Waals surface area contributed by atoms with Crippen molar-refractivity contribution >= 4 is 5.91 Å². The van der Waals surface area contributed by atoms with Gasteiger partial charge in [-0.05, 0) is 56.5 Å². The van der Waals surface area contributed by atoms with Crippen LogP contribution in [0, 0.1) is 19.7 Å². The van der Waals surface area contributed by atoms with Gasteiger partial charge in [0.1, 0.15) is 5.82 Å². The van der Waals surface area contributed by atoms with E-state index < -0.39 is 28.7 Å². The van der Waals surface area contributed by atoms with Gasteiger partial charge in [0.25, 0.3) is 11.5 Å². The Hall–Kier alpha value is -3.55. The maximum atomic E-state index is 14.2. The number of aromatic nitrogens is 3. The number of hydrogen-bond donors (Lipinski definition) is 1. The van der Waals surface area contributed by atoms with Crippen molar-refractivity contribution in [3.05, 3.63) is 91.5 Å². The topological polar surface area (TPSA) is 86.0 Å². The minimum absolute atomic E-state index is 0.160. The lowest BCUT2D eigenvalue weighted by atomic mass is 10.1. The van der Waals surface area contributed by atoms with Gasteiger partial charge in [0.15, 0.2) is 0 Å². The van der Waals surface area contributed by atoms with E-state index in [0.717, 1.165) is 20.4 Å². The third kappa shape index (κ3) is 4.63. The predicted molar refractivity (Wildman–Crippen MR) is 116 cm³/mol. The molecular weight excluding hydrogens is 399 g/mol. The monoisotopic (exact) mass is 424 g/mol. The second-order valence-corrected chi connectivity index (χ2v) is 7.58. The van der Waals surface area contributed by atoms with Crippen LogP contribution in [0.4, 0.5) is 4.39 Å². The van der Waals surface area contributed by atoms with Gasteiger partial charge in [0.2, 0.25) is 5.69 Å². The summed E-state index contributed by atoms with van der Waals surface area (Å²) in [7, 11) is 0. The van der Waals surface area contributed by atoms with E-state index in [4.69, 9.17) is 0 Å². The number of nitrogens with one attached hydrogen (secondary N) is 1. The third-order valence-corrected chi connectivity index (χ3v) is 5.29. The Morgan fingerprint density at radius 2 is 1.84 bits per heavy atom. The molecule has 1 heterocycles. The van der Waals surface area contributed by atoms with Gasteiger partial charge in [0.05, 0.1) is 12.2 Å². The molecular formula is C23H25FN4O3. The minimum Gasteiger partial charge on any atom is -0.348 e. The number of aryl methyl sites for hydroxylation is 2. The van der Waals surface area contributed by atoms with Gasteiger partial charge in [-0.3, -0.25) is 14.2 Å². The number of amides is 1. The summed E-state index contributed by atoms with van der Waals surface area (Å²) in [5.74, 6) is -1.23. The Balaban J connectivity index is 2.23. The molecule has 0 bridgehead atoms. The zero-order valence-corrected chi connectivity index (χ0v) is 18.0. The van der Waals surface area contributed by atoms with Gasteiger partial charge in [-0.15, -0.1) is 0 Å². The number of hydrogen-bond acceptors (Lipinski definition) is 4. The summed E-state index contributed by atoms with van der Waals surface area (Å²) in [4.78, 5) is 38.9. The molecule has 0 radical (unpaired) electrons. The lowest BCUT2D eigenvalue weighted by Gasteiger charge is -2.15. The van der Waals surface area contributed by atoms with Crippen molar-refractivity contribution in [2.24, 2.45) is 0 Å². The molecule has 0 saturated carbocycles. The predicted octanol–water partition coefficient (Wildman–Crippen LogP) is 2.73. The highest BCUT2D eigenvalue weighted by Gasteiger charge is 2.22. The molecule has 0 aliphatic carbocycles. The van der Waals surface area contributed by atoms with Crippen LogP contribution in [0.1, 0.15) is 47.4 Å². The van der Waals surface area contributed by atoms with Gasteiger partial charge in [-0.1, -0.05) is 31.2 Å². The quantitative estimate of drug-likeness (QED) is 0.659. The van der Waals surface area contributed by atoms with Crippen LogP contribution in [0.3, 0.4) is 0 Å². The zero-order chi connectivity index (χ0) is 22.7. The van der Waals surface area contributed by atoms with Crippen molar-refractivity contribution in [1.82, 2.24) is 19.7 Å². The van der Waals surface area contributed by atoms with Gasteiger partial charge in [0, 0.05) is 11.6 Å². The first-order valence-corrected chi connectivity index (χ1v) is 10.1. The second-order valence-electron chi connectivity index (χ2n) is 7.58. The summed E-state index contributed by atoms with van der Waals surface area (Å²) in [5, 5.41) is 6.79. The van der Waals surface area contributed by atoms with E-state index in [1.807, 2.05) is 26.8 Å². The van der Waals surface area contributed by atoms with Crippen molar-refractivity contribution in [1.29, 1.82) is 0 Å². The van der Waals surface area contributed by atoms with E-state index in [9.17, 15) is 18.8 Å². The maximum Gasteiger partial charge on any atom is 0.352 e. The van der Waals surface area contributed by atoms with E-state index in [1.165, 1.54) is 18.2 Å². The molecule has 1 atom stereocenters. The number of halogens is 1. The zero-order valence-electron chi connectivity index (χ0n) is 18.0. The fourth-order valence-electron chi connectivity index (χ4n) is 3.01. The van der Waals surface area contributed by atoms with Crippen molar-refractivity contribution in [2.75, 3.05) is 0 Å². The van der Waals surface area contributed by atoms with Gasteiger partial charge in [-0.25, -0.2) is 9.18 Å². The molecule has 3 rings (SSSR count). The number of benzene rings is 2. The molecule has 162 valence electrons. The highest BCUT2D eigenvalue weighted by atomic mass is 19.1. The van der Waals surface area contributed by atoms with E-state index in [-0.39, 0.29) is 18.2 Å². The molecule has 0 unspecified atom stereocenters. The molecule has 1 amide bonds. The van der Waals surface area contributed by atoms with E-state index in [0.29, 0.717) is 12.1 Å².